The van der Waals surface area contributed by atoms with Crippen LogP contribution in [0.4, 0.5) is 11.4 Å². The van der Waals surface area contributed by atoms with Crippen LogP contribution in [0.5, 0.6) is 11.5 Å². The Hall–Kier alpha value is -2.69. The fourth-order valence-corrected chi connectivity index (χ4v) is 2.37. The normalized spacial score (nSPS) is 13.4. The van der Waals surface area contributed by atoms with Gasteiger partial charge in [-0.15, -0.1) is 0 Å². The van der Waals surface area contributed by atoms with Gasteiger partial charge in [0.2, 0.25) is 0 Å². The zero-order chi connectivity index (χ0) is 15.5. The van der Waals surface area contributed by atoms with Gasteiger partial charge in [-0.05, 0) is 29.8 Å². The Morgan fingerprint density at radius 1 is 1.27 bits per heavy atom. The first-order valence-electron chi connectivity index (χ1n) is 7.07. The lowest BCUT2D eigenvalue weighted by Crippen LogP contribution is -2.35. The number of carbonyl (C=O) groups excluding carboxylic acids is 1. The van der Waals surface area contributed by atoms with Crippen LogP contribution in [0, 0.1) is 0 Å². The number of hydrogen-bond acceptors (Lipinski definition) is 4. The molecule has 1 amide bonds. The molecule has 114 valence electrons. The first-order valence-corrected chi connectivity index (χ1v) is 7.07. The summed E-state index contributed by atoms with van der Waals surface area (Å²) in [5.74, 6) is 1.52. The number of fused-ring (bicyclic) bond motifs is 1. The first-order chi connectivity index (χ1) is 10.7. The Morgan fingerprint density at radius 2 is 2.14 bits per heavy atom. The summed E-state index contributed by atoms with van der Waals surface area (Å²) in [6.07, 6.45) is 0. The van der Waals surface area contributed by atoms with Gasteiger partial charge < -0.3 is 19.7 Å². The van der Waals surface area contributed by atoms with E-state index in [0.29, 0.717) is 6.54 Å². The van der Waals surface area contributed by atoms with E-state index in [-0.39, 0.29) is 12.5 Å². The van der Waals surface area contributed by atoms with Crippen molar-refractivity contribution in [1.29, 1.82) is 0 Å². The van der Waals surface area contributed by atoms with E-state index in [1.807, 2.05) is 42.5 Å². The predicted molar refractivity (Wildman–Crippen MR) is 85.7 cm³/mol. The highest BCUT2D eigenvalue weighted by atomic mass is 16.5. The molecule has 0 saturated heterocycles. The van der Waals surface area contributed by atoms with E-state index in [1.54, 1.807) is 19.1 Å². The molecule has 1 aliphatic rings. The number of anilines is 2. The maximum absolute atomic E-state index is 11.6. The highest BCUT2D eigenvalue weighted by molar-refractivity contribution is 5.97. The SMILES string of the molecule is COc1cccc(CNc2ccc3c(c2)OCC(=O)N3C)c1. The molecule has 0 unspecified atom stereocenters. The van der Waals surface area contributed by atoms with Gasteiger partial charge in [-0.25, -0.2) is 0 Å². The predicted octanol–water partition coefficient (Wildman–Crippen LogP) is 2.66. The van der Waals surface area contributed by atoms with E-state index in [2.05, 4.69) is 5.32 Å². The summed E-state index contributed by atoms with van der Waals surface area (Å²) in [6.45, 7) is 0.771. The zero-order valence-corrected chi connectivity index (χ0v) is 12.6. The van der Waals surface area contributed by atoms with E-state index >= 15 is 0 Å². The van der Waals surface area contributed by atoms with Crippen LogP contribution in [0.15, 0.2) is 42.5 Å². The molecular formula is C17H18N2O3. The smallest absolute Gasteiger partial charge is 0.264 e. The molecule has 0 fully saturated rings. The third kappa shape index (κ3) is 2.83. The molecule has 3 rings (SSSR count). The van der Waals surface area contributed by atoms with E-state index < -0.39 is 0 Å². The van der Waals surface area contributed by atoms with Gasteiger partial charge in [0, 0.05) is 25.3 Å². The summed E-state index contributed by atoms with van der Waals surface area (Å²) in [5, 5.41) is 3.35. The van der Waals surface area contributed by atoms with Crippen LogP contribution in [-0.2, 0) is 11.3 Å². The van der Waals surface area contributed by atoms with Gasteiger partial charge in [0.15, 0.2) is 6.61 Å². The molecule has 0 atom stereocenters. The number of carbonyl (C=O) groups is 1. The van der Waals surface area contributed by atoms with Crippen molar-refractivity contribution in [3.63, 3.8) is 0 Å². The number of nitrogens with zero attached hydrogens (tertiary/aromatic N) is 1. The molecule has 1 aliphatic heterocycles. The number of hydrogen-bond donors (Lipinski definition) is 1. The van der Waals surface area contributed by atoms with Crippen molar-refractivity contribution in [2.45, 2.75) is 6.54 Å². The second kappa shape index (κ2) is 5.97. The lowest BCUT2D eigenvalue weighted by Gasteiger charge is -2.26. The van der Waals surface area contributed by atoms with Crippen LogP contribution in [0.1, 0.15) is 5.56 Å². The van der Waals surface area contributed by atoms with E-state index in [1.165, 1.54) is 0 Å². The maximum atomic E-state index is 11.6. The molecule has 0 saturated carbocycles. The maximum Gasteiger partial charge on any atom is 0.264 e. The van der Waals surface area contributed by atoms with E-state index in [4.69, 9.17) is 9.47 Å². The Balaban J connectivity index is 1.72. The third-order valence-electron chi connectivity index (χ3n) is 3.68. The van der Waals surface area contributed by atoms with Crippen molar-refractivity contribution in [3.8, 4) is 11.5 Å². The van der Waals surface area contributed by atoms with Crippen LogP contribution in [-0.4, -0.2) is 26.7 Å². The van der Waals surface area contributed by atoms with Gasteiger partial charge >= 0.3 is 0 Å². The van der Waals surface area contributed by atoms with Crippen molar-refractivity contribution >= 4 is 17.3 Å². The van der Waals surface area contributed by atoms with Crippen molar-refractivity contribution in [2.24, 2.45) is 0 Å². The topological polar surface area (TPSA) is 50.8 Å². The average Bonchev–Trinajstić information content (AvgIpc) is 2.56. The Labute approximate surface area is 129 Å². The second-order valence-corrected chi connectivity index (χ2v) is 5.13. The van der Waals surface area contributed by atoms with Crippen LogP contribution in [0.25, 0.3) is 0 Å². The molecular weight excluding hydrogens is 280 g/mol. The van der Waals surface area contributed by atoms with Gasteiger partial charge in [-0.2, -0.15) is 0 Å². The number of ether oxygens (including phenoxy) is 2. The Morgan fingerprint density at radius 3 is 2.95 bits per heavy atom. The van der Waals surface area contributed by atoms with Crippen LogP contribution in [0.2, 0.25) is 0 Å². The quantitative estimate of drug-likeness (QED) is 0.943. The number of rotatable bonds is 4. The Kier molecular flexibility index (Phi) is 3.87. The van der Waals surface area contributed by atoms with E-state index in [0.717, 1.165) is 28.4 Å². The molecule has 2 aromatic carbocycles. The van der Waals surface area contributed by atoms with Gasteiger partial charge in [-0.3, -0.25) is 4.79 Å². The van der Waals surface area contributed by atoms with Crippen molar-refractivity contribution in [2.75, 3.05) is 31.0 Å². The lowest BCUT2D eigenvalue weighted by atomic mass is 10.2. The molecule has 1 heterocycles. The summed E-state index contributed by atoms with van der Waals surface area (Å²) < 4.78 is 10.7. The van der Waals surface area contributed by atoms with Gasteiger partial charge in [0.25, 0.3) is 5.91 Å². The molecule has 2 aromatic rings. The molecule has 0 aliphatic carbocycles. The average molecular weight is 298 g/mol. The number of benzene rings is 2. The molecule has 5 heteroatoms. The first kappa shape index (κ1) is 14.3. The van der Waals surface area contributed by atoms with Crippen molar-refractivity contribution < 1.29 is 14.3 Å². The number of amides is 1. The number of nitrogens with one attached hydrogen (secondary N) is 1. The molecule has 22 heavy (non-hydrogen) atoms. The minimum atomic E-state index is -0.0374. The van der Waals surface area contributed by atoms with Gasteiger partial charge in [0.05, 0.1) is 12.8 Å². The number of likely N-dealkylation sites (N-methyl/N-ethyl adjacent to an activating group) is 1. The summed E-state index contributed by atoms with van der Waals surface area (Å²) >= 11 is 0. The van der Waals surface area contributed by atoms with Crippen LogP contribution >= 0.6 is 0 Å². The zero-order valence-electron chi connectivity index (χ0n) is 12.6. The van der Waals surface area contributed by atoms with Crippen molar-refractivity contribution in [1.82, 2.24) is 0 Å². The molecule has 1 N–H and O–H groups in total. The van der Waals surface area contributed by atoms with Gasteiger partial charge in [0.1, 0.15) is 11.5 Å². The monoisotopic (exact) mass is 298 g/mol. The highest BCUT2D eigenvalue weighted by Gasteiger charge is 2.22. The van der Waals surface area contributed by atoms with Crippen LogP contribution in [0.3, 0.4) is 0 Å². The molecule has 0 bridgehead atoms. The lowest BCUT2D eigenvalue weighted by molar-refractivity contribution is -0.120. The summed E-state index contributed by atoms with van der Waals surface area (Å²) in [7, 11) is 3.41. The molecule has 0 spiro atoms. The fraction of sp³-hybridized carbons (Fsp3) is 0.235. The standard InChI is InChI=1S/C17H18N2O3/c1-19-15-7-6-13(9-16(15)22-11-17(19)20)18-10-12-4-3-5-14(8-12)21-2/h3-9,18H,10-11H2,1-2H3. The molecule has 0 aromatic heterocycles. The molecule has 0 radical (unpaired) electrons. The van der Waals surface area contributed by atoms with Gasteiger partial charge in [-0.1, -0.05) is 12.1 Å². The third-order valence-corrected chi connectivity index (χ3v) is 3.68. The molecule has 5 nitrogen and oxygen atoms in total. The van der Waals surface area contributed by atoms with Crippen LogP contribution < -0.4 is 19.7 Å². The largest absolute Gasteiger partial charge is 0.497 e. The minimum absolute atomic E-state index is 0.0374. The number of methoxy groups -OCH3 is 1. The van der Waals surface area contributed by atoms with Crippen molar-refractivity contribution in [3.05, 3.63) is 48.0 Å². The summed E-state index contributed by atoms with van der Waals surface area (Å²) in [6, 6.07) is 13.7. The minimum Gasteiger partial charge on any atom is -0.497 e. The van der Waals surface area contributed by atoms with E-state index in [9.17, 15) is 4.79 Å². The highest BCUT2D eigenvalue weighted by Crippen LogP contribution is 2.33. The second-order valence-electron chi connectivity index (χ2n) is 5.13. The summed E-state index contributed by atoms with van der Waals surface area (Å²) in [4.78, 5) is 13.2. The Bertz CT molecular complexity index is 700. The summed E-state index contributed by atoms with van der Waals surface area (Å²) in [5.41, 5.74) is 2.87. The fourth-order valence-electron chi connectivity index (χ4n) is 2.37.